The predicted octanol–water partition coefficient (Wildman–Crippen LogP) is 3.65. The van der Waals surface area contributed by atoms with Gasteiger partial charge in [0.15, 0.2) is 12.4 Å². The number of amides is 1. The molecule has 0 unspecified atom stereocenters. The van der Waals surface area contributed by atoms with Crippen LogP contribution in [0.2, 0.25) is 0 Å². The Labute approximate surface area is 183 Å². The second-order valence-corrected chi connectivity index (χ2v) is 6.63. The second-order valence-electron chi connectivity index (χ2n) is 6.63. The lowest BCUT2D eigenvalue weighted by molar-refractivity contribution is -0.385. The number of nitrogens with zero attached hydrogens (tertiary/aromatic N) is 2. The van der Waals surface area contributed by atoms with E-state index in [9.17, 15) is 19.7 Å². The van der Waals surface area contributed by atoms with Gasteiger partial charge in [-0.2, -0.15) is 5.10 Å². The molecule has 3 aromatic rings. The standard InChI is InChI=1S/C23H19N3O6/c1-16-5-4-6-18(13-16)23(28)32-19-11-9-17(10-12-19)14-24-25-22(27)15-31-21-8-3-2-7-20(21)26(29)30/h2-14H,15H2,1H3,(H,25,27)/b24-14-. The van der Waals surface area contributed by atoms with Crippen LogP contribution in [0.25, 0.3) is 0 Å². The van der Waals surface area contributed by atoms with Crippen LogP contribution in [0.5, 0.6) is 11.5 Å². The summed E-state index contributed by atoms with van der Waals surface area (Å²) in [4.78, 5) is 34.4. The van der Waals surface area contributed by atoms with Gasteiger partial charge >= 0.3 is 11.7 Å². The Balaban J connectivity index is 1.49. The first-order chi connectivity index (χ1) is 15.4. The van der Waals surface area contributed by atoms with Crippen molar-refractivity contribution in [3.05, 3.63) is 99.6 Å². The van der Waals surface area contributed by atoms with Crippen LogP contribution < -0.4 is 14.9 Å². The molecule has 0 aromatic heterocycles. The SMILES string of the molecule is Cc1cccc(C(=O)Oc2ccc(/C=N\NC(=O)COc3ccccc3[N+](=O)[O-])cc2)c1. The van der Waals surface area contributed by atoms with Gasteiger partial charge in [-0.1, -0.05) is 29.8 Å². The van der Waals surface area contributed by atoms with Gasteiger partial charge in [0.1, 0.15) is 5.75 Å². The van der Waals surface area contributed by atoms with Crippen molar-refractivity contribution in [2.75, 3.05) is 6.61 Å². The van der Waals surface area contributed by atoms with Crippen LogP contribution in [0.1, 0.15) is 21.5 Å². The minimum atomic E-state index is -0.590. The number of hydrogen-bond donors (Lipinski definition) is 1. The van der Waals surface area contributed by atoms with E-state index in [-0.39, 0.29) is 11.4 Å². The van der Waals surface area contributed by atoms with E-state index < -0.39 is 23.4 Å². The van der Waals surface area contributed by atoms with Crippen molar-refractivity contribution in [2.45, 2.75) is 6.92 Å². The molecule has 0 spiro atoms. The highest BCUT2D eigenvalue weighted by Crippen LogP contribution is 2.25. The third-order valence-electron chi connectivity index (χ3n) is 4.17. The van der Waals surface area contributed by atoms with E-state index in [2.05, 4.69) is 10.5 Å². The van der Waals surface area contributed by atoms with Gasteiger partial charge in [0.2, 0.25) is 0 Å². The first-order valence-electron chi connectivity index (χ1n) is 9.49. The highest BCUT2D eigenvalue weighted by Gasteiger charge is 2.14. The van der Waals surface area contributed by atoms with E-state index in [0.717, 1.165) is 5.56 Å². The number of nitro groups is 1. The molecule has 0 saturated carbocycles. The Kier molecular flexibility index (Phi) is 7.26. The summed E-state index contributed by atoms with van der Waals surface area (Å²) in [7, 11) is 0. The summed E-state index contributed by atoms with van der Waals surface area (Å²) >= 11 is 0. The second kappa shape index (κ2) is 10.5. The molecule has 0 saturated heterocycles. The zero-order chi connectivity index (χ0) is 22.9. The van der Waals surface area contributed by atoms with Gasteiger partial charge in [-0.3, -0.25) is 14.9 Å². The molecule has 32 heavy (non-hydrogen) atoms. The van der Waals surface area contributed by atoms with Crippen molar-refractivity contribution in [3.8, 4) is 11.5 Å². The molecule has 0 aliphatic heterocycles. The average molecular weight is 433 g/mol. The number of ether oxygens (including phenoxy) is 2. The van der Waals surface area contributed by atoms with Crippen LogP contribution in [0.4, 0.5) is 5.69 Å². The molecule has 0 atom stereocenters. The molecule has 0 heterocycles. The number of rotatable bonds is 8. The predicted molar refractivity (Wildman–Crippen MR) is 117 cm³/mol. The highest BCUT2D eigenvalue weighted by molar-refractivity contribution is 5.91. The first kappa shape index (κ1) is 22.2. The molecule has 0 aliphatic rings. The van der Waals surface area contributed by atoms with Gasteiger partial charge in [0.25, 0.3) is 5.91 Å². The van der Waals surface area contributed by atoms with Crippen LogP contribution in [-0.2, 0) is 4.79 Å². The maximum absolute atomic E-state index is 12.2. The molecule has 0 bridgehead atoms. The van der Waals surface area contributed by atoms with Crippen molar-refractivity contribution in [2.24, 2.45) is 5.10 Å². The summed E-state index contributed by atoms with van der Waals surface area (Å²) in [6.07, 6.45) is 1.40. The van der Waals surface area contributed by atoms with Crippen LogP contribution in [-0.4, -0.2) is 29.6 Å². The number of carbonyl (C=O) groups is 2. The molecular weight excluding hydrogens is 414 g/mol. The molecule has 9 heteroatoms. The Morgan fingerprint density at radius 2 is 1.81 bits per heavy atom. The van der Waals surface area contributed by atoms with Gasteiger partial charge in [-0.15, -0.1) is 0 Å². The quantitative estimate of drug-likeness (QED) is 0.190. The highest BCUT2D eigenvalue weighted by atomic mass is 16.6. The van der Waals surface area contributed by atoms with Gasteiger partial charge in [-0.25, -0.2) is 10.2 Å². The Hall–Kier alpha value is -4.53. The fourth-order valence-corrected chi connectivity index (χ4v) is 2.64. The summed E-state index contributed by atoms with van der Waals surface area (Å²) in [6, 6.07) is 19.4. The maximum Gasteiger partial charge on any atom is 0.343 e. The number of para-hydroxylation sites is 2. The van der Waals surface area contributed by atoms with Crippen molar-refractivity contribution >= 4 is 23.8 Å². The molecule has 9 nitrogen and oxygen atoms in total. The number of hydrogen-bond acceptors (Lipinski definition) is 7. The van der Waals surface area contributed by atoms with Crippen LogP contribution >= 0.6 is 0 Å². The van der Waals surface area contributed by atoms with Crippen molar-refractivity contribution in [1.29, 1.82) is 0 Å². The number of benzene rings is 3. The number of esters is 1. The van der Waals surface area contributed by atoms with Crippen LogP contribution in [0, 0.1) is 17.0 Å². The number of nitro benzene ring substituents is 1. The van der Waals surface area contributed by atoms with Crippen LogP contribution in [0.15, 0.2) is 77.9 Å². The van der Waals surface area contributed by atoms with E-state index in [4.69, 9.17) is 9.47 Å². The van der Waals surface area contributed by atoms with E-state index in [0.29, 0.717) is 16.9 Å². The topological polar surface area (TPSA) is 120 Å². The zero-order valence-electron chi connectivity index (χ0n) is 17.1. The Bertz CT molecular complexity index is 1160. The molecule has 0 fully saturated rings. The van der Waals surface area contributed by atoms with E-state index in [1.807, 2.05) is 13.0 Å². The van der Waals surface area contributed by atoms with E-state index in [1.54, 1.807) is 48.5 Å². The number of hydrazone groups is 1. The molecule has 1 amide bonds. The molecule has 162 valence electrons. The lowest BCUT2D eigenvalue weighted by atomic mass is 10.1. The smallest absolute Gasteiger partial charge is 0.343 e. The molecule has 3 rings (SSSR count). The Morgan fingerprint density at radius 3 is 2.53 bits per heavy atom. The first-order valence-corrected chi connectivity index (χ1v) is 9.49. The van der Waals surface area contributed by atoms with E-state index in [1.165, 1.54) is 24.4 Å². The summed E-state index contributed by atoms with van der Waals surface area (Å²) in [5.41, 5.74) is 4.12. The van der Waals surface area contributed by atoms with Gasteiger partial charge < -0.3 is 9.47 Å². The molecule has 1 N–H and O–H groups in total. The monoisotopic (exact) mass is 433 g/mol. The van der Waals surface area contributed by atoms with Crippen molar-refractivity contribution in [3.63, 3.8) is 0 Å². The third kappa shape index (κ3) is 6.23. The van der Waals surface area contributed by atoms with Gasteiger partial charge in [0, 0.05) is 6.07 Å². The fraction of sp³-hybridized carbons (Fsp3) is 0.0870. The lowest BCUT2D eigenvalue weighted by Crippen LogP contribution is -2.24. The summed E-state index contributed by atoms with van der Waals surface area (Å²) in [5, 5.41) is 14.8. The minimum Gasteiger partial charge on any atom is -0.477 e. The molecule has 0 radical (unpaired) electrons. The maximum atomic E-state index is 12.2. The number of carbonyl (C=O) groups excluding carboxylic acids is 2. The van der Waals surface area contributed by atoms with Crippen molar-refractivity contribution in [1.82, 2.24) is 5.43 Å². The molecule has 0 aliphatic carbocycles. The van der Waals surface area contributed by atoms with Crippen molar-refractivity contribution < 1.29 is 24.0 Å². The fourth-order valence-electron chi connectivity index (χ4n) is 2.64. The third-order valence-corrected chi connectivity index (χ3v) is 4.17. The molecular formula is C23H19N3O6. The van der Waals surface area contributed by atoms with Gasteiger partial charge in [0.05, 0.1) is 16.7 Å². The largest absolute Gasteiger partial charge is 0.477 e. The summed E-state index contributed by atoms with van der Waals surface area (Å²) < 4.78 is 10.5. The number of aryl methyl sites for hydroxylation is 1. The average Bonchev–Trinajstić information content (AvgIpc) is 2.79. The normalized spacial score (nSPS) is 10.5. The van der Waals surface area contributed by atoms with E-state index >= 15 is 0 Å². The summed E-state index contributed by atoms with van der Waals surface area (Å²) in [6.45, 7) is 1.46. The number of nitrogens with one attached hydrogen (secondary N) is 1. The zero-order valence-corrected chi connectivity index (χ0v) is 17.1. The Morgan fingerprint density at radius 1 is 1.06 bits per heavy atom. The van der Waals surface area contributed by atoms with Gasteiger partial charge in [-0.05, 0) is 55.0 Å². The van der Waals surface area contributed by atoms with Crippen LogP contribution in [0.3, 0.4) is 0 Å². The summed E-state index contributed by atoms with van der Waals surface area (Å²) in [5.74, 6) is -0.674. The minimum absolute atomic E-state index is 0.00701. The molecule has 3 aromatic carbocycles. The lowest BCUT2D eigenvalue weighted by Gasteiger charge is -2.06.